The van der Waals surface area contributed by atoms with E-state index < -0.39 is 0 Å². The molecule has 18 heavy (non-hydrogen) atoms. The molecule has 4 heteroatoms. The molecule has 1 amide bonds. The summed E-state index contributed by atoms with van der Waals surface area (Å²) >= 11 is 0. The topological polar surface area (TPSA) is 78.9 Å². The Morgan fingerprint density at radius 1 is 1.33 bits per heavy atom. The number of carbonyl (C=O) groups is 1. The Labute approximate surface area is 107 Å². The Morgan fingerprint density at radius 3 is 2.72 bits per heavy atom. The van der Waals surface area contributed by atoms with Crippen molar-refractivity contribution >= 4 is 17.3 Å². The number of benzene rings is 1. The molecule has 0 atom stereocenters. The quantitative estimate of drug-likeness (QED) is 0.784. The average molecular weight is 243 g/mol. The van der Waals surface area contributed by atoms with Crippen molar-refractivity contribution in [2.45, 2.75) is 32.1 Å². The Hall–Kier alpha value is -2.02. The maximum absolute atomic E-state index is 12.1. The van der Waals surface area contributed by atoms with Gasteiger partial charge in [-0.2, -0.15) is 5.26 Å². The molecule has 1 aliphatic carbocycles. The molecule has 94 valence electrons. The second-order valence-electron chi connectivity index (χ2n) is 4.74. The lowest BCUT2D eigenvalue weighted by Gasteiger charge is -2.21. The third kappa shape index (κ3) is 2.80. The molecule has 0 spiro atoms. The first-order chi connectivity index (χ1) is 8.70. The maximum atomic E-state index is 12.1. The van der Waals surface area contributed by atoms with Crippen molar-refractivity contribution in [1.29, 1.82) is 5.26 Å². The van der Waals surface area contributed by atoms with Crippen LogP contribution in [0.25, 0.3) is 0 Å². The molecule has 3 N–H and O–H groups in total. The van der Waals surface area contributed by atoms with Crippen molar-refractivity contribution in [2.75, 3.05) is 11.1 Å². The number of amides is 1. The van der Waals surface area contributed by atoms with Crippen molar-refractivity contribution in [2.24, 2.45) is 5.92 Å². The molecule has 0 radical (unpaired) electrons. The Bertz CT molecular complexity index is 484. The molecular weight excluding hydrogens is 226 g/mol. The van der Waals surface area contributed by atoms with Crippen LogP contribution in [-0.4, -0.2) is 5.91 Å². The number of rotatable bonds is 2. The summed E-state index contributed by atoms with van der Waals surface area (Å²) in [5, 5.41) is 11.9. The van der Waals surface area contributed by atoms with Crippen LogP contribution in [0.15, 0.2) is 18.2 Å². The van der Waals surface area contributed by atoms with Crippen molar-refractivity contribution in [3.63, 3.8) is 0 Å². The Morgan fingerprint density at radius 2 is 2.06 bits per heavy atom. The van der Waals surface area contributed by atoms with Gasteiger partial charge in [0.2, 0.25) is 5.91 Å². The lowest BCUT2D eigenvalue weighted by molar-refractivity contribution is -0.120. The van der Waals surface area contributed by atoms with Crippen molar-refractivity contribution in [1.82, 2.24) is 0 Å². The van der Waals surface area contributed by atoms with Crippen LogP contribution in [0.4, 0.5) is 11.4 Å². The summed E-state index contributed by atoms with van der Waals surface area (Å²) < 4.78 is 0. The minimum Gasteiger partial charge on any atom is -0.399 e. The normalized spacial score (nSPS) is 15.9. The predicted molar refractivity (Wildman–Crippen MR) is 70.8 cm³/mol. The molecule has 2 rings (SSSR count). The molecule has 1 aromatic rings. The van der Waals surface area contributed by atoms with Crippen LogP contribution in [0, 0.1) is 17.2 Å². The van der Waals surface area contributed by atoms with E-state index in [0.29, 0.717) is 16.9 Å². The molecule has 1 aromatic carbocycles. The number of nitriles is 1. The summed E-state index contributed by atoms with van der Waals surface area (Å²) in [5.41, 5.74) is 7.12. The number of nitrogen functional groups attached to an aromatic ring is 1. The van der Waals surface area contributed by atoms with Crippen molar-refractivity contribution in [3.8, 4) is 6.07 Å². The standard InChI is InChI=1S/C14H17N3O/c15-9-11-8-12(16)6-7-13(11)17-14(18)10-4-2-1-3-5-10/h6-8,10H,1-5,16H2,(H,17,18). The van der Waals surface area contributed by atoms with Gasteiger partial charge in [-0.3, -0.25) is 4.79 Å². The van der Waals surface area contributed by atoms with Crippen LogP contribution in [0.5, 0.6) is 0 Å². The molecule has 0 heterocycles. The number of nitrogens with two attached hydrogens (primary N) is 1. The summed E-state index contributed by atoms with van der Waals surface area (Å²) in [4.78, 5) is 12.1. The maximum Gasteiger partial charge on any atom is 0.227 e. The highest BCUT2D eigenvalue weighted by molar-refractivity contribution is 5.94. The van der Waals surface area contributed by atoms with Gasteiger partial charge in [0, 0.05) is 11.6 Å². The first kappa shape index (κ1) is 12.4. The molecule has 0 saturated heterocycles. The summed E-state index contributed by atoms with van der Waals surface area (Å²) in [7, 11) is 0. The van der Waals surface area contributed by atoms with Gasteiger partial charge in [-0.1, -0.05) is 19.3 Å². The molecule has 1 saturated carbocycles. The van der Waals surface area contributed by atoms with E-state index in [-0.39, 0.29) is 11.8 Å². The molecule has 0 unspecified atom stereocenters. The Kier molecular flexibility index (Phi) is 3.83. The highest BCUT2D eigenvalue weighted by atomic mass is 16.1. The van der Waals surface area contributed by atoms with Gasteiger partial charge in [0.15, 0.2) is 0 Å². The van der Waals surface area contributed by atoms with E-state index >= 15 is 0 Å². The van der Waals surface area contributed by atoms with Gasteiger partial charge in [0.1, 0.15) is 6.07 Å². The average Bonchev–Trinajstić information content (AvgIpc) is 2.41. The molecule has 0 aromatic heterocycles. The highest BCUT2D eigenvalue weighted by Crippen LogP contribution is 2.26. The molecule has 1 fully saturated rings. The fourth-order valence-electron chi connectivity index (χ4n) is 2.36. The van der Waals surface area contributed by atoms with E-state index in [4.69, 9.17) is 11.0 Å². The minimum atomic E-state index is 0.0240. The van der Waals surface area contributed by atoms with Gasteiger partial charge >= 0.3 is 0 Å². The van der Waals surface area contributed by atoms with Crippen LogP contribution < -0.4 is 11.1 Å². The van der Waals surface area contributed by atoms with Gasteiger partial charge < -0.3 is 11.1 Å². The molecule has 4 nitrogen and oxygen atoms in total. The van der Waals surface area contributed by atoms with Crippen LogP contribution >= 0.6 is 0 Å². The summed E-state index contributed by atoms with van der Waals surface area (Å²) in [5.74, 6) is 0.110. The fourth-order valence-corrected chi connectivity index (χ4v) is 2.36. The SMILES string of the molecule is N#Cc1cc(N)ccc1NC(=O)C1CCCCC1. The van der Waals surface area contributed by atoms with Gasteiger partial charge in [0.05, 0.1) is 11.3 Å². The van der Waals surface area contributed by atoms with Crippen molar-refractivity contribution in [3.05, 3.63) is 23.8 Å². The second kappa shape index (κ2) is 5.54. The summed E-state index contributed by atoms with van der Waals surface area (Å²) in [6.45, 7) is 0. The molecule has 1 aliphatic rings. The number of carbonyl (C=O) groups excluding carboxylic acids is 1. The van der Waals surface area contributed by atoms with E-state index in [1.54, 1.807) is 18.2 Å². The summed E-state index contributed by atoms with van der Waals surface area (Å²) in [6, 6.07) is 7.01. The zero-order valence-corrected chi connectivity index (χ0v) is 10.3. The largest absolute Gasteiger partial charge is 0.399 e. The highest BCUT2D eigenvalue weighted by Gasteiger charge is 2.21. The van der Waals surface area contributed by atoms with Crippen molar-refractivity contribution < 1.29 is 4.79 Å². The molecule has 0 aliphatic heterocycles. The van der Waals surface area contributed by atoms with Crippen LogP contribution in [-0.2, 0) is 4.79 Å². The van der Waals surface area contributed by atoms with E-state index in [9.17, 15) is 4.79 Å². The van der Waals surface area contributed by atoms with E-state index in [1.807, 2.05) is 6.07 Å². The van der Waals surface area contributed by atoms with E-state index in [0.717, 1.165) is 25.7 Å². The van der Waals surface area contributed by atoms with Gasteiger partial charge in [-0.15, -0.1) is 0 Å². The monoisotopic (exact) mass is 243 g/mol. The number of nitrogens with zero attached hydrogens (tertiary/aromatic N) is 1. The number of nitrogens with one attached hydrogen (secondary N) is 1. The fraction of sp³-hybridized carbons (Fsp3) is 0.429. The zero-order valence-electron chi connectivity index (χ0n) is 10.3. The van der Waals surface area contributed by atoms with Gasteiger partial charge in [-0.05, 0) is 31.0 Å². The van der Waals surface area contributed by atoms with E-state index in [2.05, 4.69) is 5.32 Å². The zero-order chi connectivity index (χ0) is 13.0. The predicted octanol–water partition coefficient (Wildman–Crippen LogP) is 2.66. The van der Waals surface area contributed by atoms with Crippen LogP contribution in [0.1, 0.15) is 37.7 Å². The molecular formula is C14H17N3O. The summed E-state index contributed by atoms with van der Waals surface area (Å²) in [6.07, 6.45) is 5.34. The Balaban J connectivity index is 2.09. The third-order valence-electron chi connectivity index (χ3n) is 3.40. The van der Waals surface area contributed by atoms with E-state index in [1.165, 1.54) is 6.42 Å². The number of anilines is 2. The second-order valence-corrected chi connectivity index (χ2v) is 4.74. The van der Waals surface area contributed by atoms with Crippen LogP contribution in [0.3, 0.4) is 0 Å². The van der Waals surface area contributed by atoms with Gasteiger partial charge in [-0.25, -0.2) is 0 Å². The minimum absolute atomic E-state index is 0.0240. The molecule has 0 bridgehead atoms. The van der Waals surface area contributed by atoms with Gasteiger partial charge in [0.25, 0.3) is 0 Å². The lowest BCUT2D eigenvalue weighted by atomic mass is 9.88. The first-order valence-corrected chi connectivity index (χ1v) is 6.31. The smallest absolute Gasteiger partial charge is 0.227 e. The third-order valence-corrected chi connectivity index (χ3v) is 3.40. The lowest BCUT2D eigenvalue weighted by Crippen LogP contribution is -2.25. The van der Waals surface area contributed by atoms with Crippen LogP contribution in [0.2, 0.25) is 0 Å². The number of hydrogen-bond donors (Lipinski definition) is 2. The first-order valence-electron chi connectivity index (χ1n) is 6.31. The number of hydrogen-bond acceptors (Lipinski definition) is 3.